The largest absolute Gasteiger partial charge is 0.340 e. The molecule has 0 saturated heterocycles. The van der Waals surface area contributed by atoms with Crippen molar-refractivity contribution in [3.8, 4) is 0 Å². The van der Waals surface area contributed by atoms with Crippen LogP contribution in [0.15, 0.2) is 83.9 Å². The van der Waals surface area contributed by atoms with E-state index in [9.17, 15) is 4.79 Å². The number of rotatable bonds is 6. The molecule has 2 aromatic heterocycles. The molecule has 6 heteroatoms. The number of thiocarbonyl (C=S) groups is 1. The van der Waals surface area contributed by atoms with E-state index in [0.29, 0.717) is 23.8 Å². The van der Waals surface area contributed by atoms with Crippen LogP contribution in [0.3, 0.4) is 0 Å². The highest BCUT2D eigenvalue weighted by Crippen LogP contribution is 2.17. The molecule has 0 aliphatic rings. The van der Waals surface area contributed by atoms with E-state index in [1.54, 1.807) is 6.20 Å². The third-order valence-corrected chi connectivity index (χ3v) is 5.52. The van der Waals surface area contributed by atoms with Crippen LogP contribution in [-0.4, -0.2) is 20.0 Å². The van der Waals surface area contributed by atoms with Gasteiger partial charge in [0.05, 0.1) is 6.54 Å². The van der Waals surface area contributed by atoms with Gasteiger partial charge in [0.15, 0.2) is 5.11 Å². The number of hydrogen-bond donors (Lipinski definition) is 2. The van der Waals surface area contributed by atoms with Gasteiger partial charge >= 0.3 is 0 Å². The third-order valence-electron chi connectivity index (χ3n) is 5.16. The number of pyridine rings is 2. The second kappa shape index (κ2) is 9.53. The Morgan fingerprint density at radius 3 is 2.61 bits per heavy atom. The van der Waals surface area contributed by atoms with Crippen LogP contribution in [0.5, 0.6) is 0 Å². The number of nitrogens with one attached hydrogen (secondary N) is 2. The summed E-state index contributed by atoms with van der Waals surface area (Å²) in [6, 6.07) is 21.8. The number of anilines is 1. The summed E-state index contributed by atoms with van der Waals surface area (Å²) in [7, 11) is 0. The molecule has 2 aromatic carbocycles. The lowest BCUT2D eigenvalue weighted by molar-refractivity contribution is 0.410. The van der Waals surface area contributed by atoms with Gasteiger partial charge in [-0.25, -0.2) is 0 Å². The van der Waals surface area contributed by atoms with Crippen molar-refractivity contribution in [3.05, 3.63) is 106 Å². The zero-order valence-electron chi connectivity index (χ0n) is 17.3. The van der Waals surface area contributed by atoms with Gasteiger partial charge in [0.2, 0.25) is 0 Å². The van der Waals surface area contributed by atoms with Crippen molar-refractivity contribution >= 4 is 33.9 Å². The second-order valence-electron chi connectivity index (χ2n) is 7.41. The first-order valence-corrected chi connectivity index (χ1v) is 10.7. The normalized spacial score (nSPS) is 10.7. The Morgan fingerprint density at radius 1 is 1.03 bits per heavy atom. The van der Waals surface area contributed by atoms with Crippen molar-refractivity contribution in [1.29, 1.82) is 0 Å². The number of para-hydroxylation sites is 1. The molecule has 0 fully saturated rings. The highest BCUT2D eigenvalue weighted by Gasteiger charge is 2.15. The zero-order valence-corrected chi connectivity index (χ0v) is 18.2. The third kappa shape index (κ3) is 5.16. The average Bonchev–Trinajstić information content (AvgIpc) is 2.80. The first-order chi connectivity index (χ1) is 15.1. The molecule has 5 nitrogen and oxygen atoms in total. The summed E-state index contributed by atoms with van der Waals surface area (Å²) in [6.07, 6.45) is 4.51. The summed E-state index contributed by atoms with van der Waals surface area (Å²) in [5.74, 6) is 0. The van der Waals surface area contributed by atoms with Gasteiger partial charge in [0.1, 0.15) is 0 Å². The Labute approximate surface area is 186 Å². The average molecular weight is 429 g/mol. The molecule has 2 heterocycles. The van der Waals surface area contributed by atoms with Gasteiger partial charge in [-0.2, -0.15) is 0 Å². The molecule has 0 aliphatic heterocycles. The van der Waals surface area contributed by atoms with E-state index >= 15 is 0 Å². The molecular weight excluding hydrogens is 404 g/mol. The van der Waals surface area contributed by atoms with Gasteiger partial charge < -0.3 is 15.2 Å². The number of aromatic amines is 1. The van der Waals surface area contributed by atoms with Gasteiger partial charge in [-0.1, -0.05) is 37.3 Å². The fraction of sp³-hybridized carbons (Fsp3) is 0.160. The van der Waals surface area contributed by atoms with Crippen LogP contribution < -0.4 is 10.9 Å². The lowest BCUT2D eigenvalue weighted by Crippen LogP contribution is -2.35. The summed E-state index contributed by atoms with van der Waals surface area (Å²) in [5, 5.41) is 4.86. The molecule has 156 valence electrons. The van der Waals surface area contributed by atoms with Crippen molar-refractivity contribution in [1.82, 2.24) is 14.9 Å². The lowest BCUT2D eigenvalue weighted by atomic mass is 10.1. The number of H-pyrrole nitrogens is 1. The van der Waals surface area contributed by atoms with Gasteiger partial charge in [0, 0.05) is 35.7 Å². The Kier molecular flexibility index (Phi) is 6.38. The lowest BCUT2D eigenvalue weighted by Gasteiger charge is -2.26. The van der Waals surface area contributed by atoms with Gasteiger partial charge in [-0.15, -0.1) is 0 Å². The maximum absolute atomic E-state index is 12.8. The number of benzene rings is 2. The number of aromatic nitrogens is 2. The number of nitrogens with zero attached hydrogens (tertiary/aromatic N) is 2. The first-order valence-electron chi connectivity index (χ1n) is 10.3. The predicted molar refractivity (Wildman–Crippen MR) is 130 cm³/mol. The minimum Gasteiger partial charge on any atom is -0.340 e. The van der Waals surface area contributed by atoms with Crippen LogP contribution in [0.25, 0.3) is 10.9 Å². The van der Waals surface area contributed by atoms with Crippen LogP contribution in [0.1, 0.15) is 23.6 Å². The monoisotopic (exact) mass is 428 g/mol. The predicted octanol–water partition coefficient (Wildman–Crippen LogP) is 4.88. The van der Waals surface area contributed by atoms with Gasteiger partial charge in [-0.05, 0) is 71.6 Å². The quantitative estimate of drug-likeness (QED) is 0.429. The van der Waals surface area contributed by atoms with Crippen molar-refractivity contribution in [2.24, 2.45) is 0 Å². The topological polar surface area (TPSA) is 61.0 Å². The van der Waals surface area contributed by atoms with Crippen LogP contribution in [0.4, 0.5) is 5.69 Å². The Balaban J connectivity index is 1.65. The van der Waals surface area contributed by atoms with Gasteiger partial charge in [0.25, 0.3) is 5.56 Å². The molecule has 0 spiro atoms. The molecule has 2 N–H and O–H groups in total. The molecule has 4 aromatic rings. The standard InChI is InChI=1S/C25H24N4OS/c1-2-18-10-11-23-20(13-18)14-21(24(30)28-23)17-29(16-19-7-6-12-26-15-19)25(31)27-22-8-4-3-5-9-22/h3-15H,2,16-17H2,1H3,(H,27,31)(H,28,30). The van der Waals surface area contributed by atoms with E-state index in [4.69, 9.17) is 12.2 Å². The minimum absolute atomic E-state index is 0.101. The molecule has 31 heavy (non-hydrogen) atoms. The molecule has 0 saturated carbocycles. The smallest absolute Gasteiger partial charge is 0.253 e. The van der Waals surface area contributed by atoms with Crippen molar-refractivity contribution in [3.63, 3.8) is 0 Å². The molecular formula is C25H24N4OS. The maximum atomic E-state index is 12.8. The number of hydrogen-bond acceptors (Lipinski definition) is 3. The van der Waals surface area contributed by atoms with E-state index in [1.165, 1.54) is 5.56 Å². The van der Waals surface area contributed by atoms with Gasteiger partial charge in [-0.3, -0.25) is 9.78 Å². The highest BCUT2D eigenvalue weighted by molar-refractivity contribution is 7.80. The fourth-order valence-electron chi connectivity index (χ4n) is 3.48. The zero-order chi connectivity index (χ0) is 21.6. The van der Waals surface area contributed by atoms with E-state index in [2.05, 4.69) is 28.3 Å². The summed E-state index contributed by atoms with van der Waals surface area (Å²) in [6.45, 7) is 3.05. The highest BCUT2D eigenvalue weighted by atomic mass is 32.1. The summed E-state index contributed by atoms with van der Waals surface area (Å²) < 4.78 is 0. The van der Waals surface area contributed by atoms with Crippen molar-refractivity contribution in [2.45, 2.75) is 26.4 Å². The van der Waals surface area contributed by atoms with Crippen LogP contribution in [-0.2, 0) is 19.5 Å². The SMILES string of the molecule is CCc1ccc2[nH]c(=O)c(CN(Cc3cccnc3)C(=S)Nc3ccccc3)cc2c1. The van der Waals surface area contributed by atoms with Crippen molar-refractivity contribution < 1.29 is 0 Å². The van der Waals surface area contributed by atoms with Crippen LogP contribution >= 0.6 is 12.2 Å². The molecule has 0 unspecified atom stereocenters. The molecule has 4 rings (SSSR count). The van der Waals surface area contributed by atoms with Crippen LogP contribution in [0, 0.1) is 0 Å². The molecule has 0 atom stereocenters. The van der Waals surface area contributed by atoms with Crippen molar-refractivity contribution in [2.75, 3.05) is 5.32 Å². The van der Waals surface area contributed by atoms with E-state index < -0.39 is 0 Å². The Bertz CT molecular complexity index is 1240. The molecule has 0 radical (unpaired) electrons. The molecule has 0 bridgehead atoms. The number of fused-ring (bicyclic) bond motifs is 1. The minimum atomic E-state index is -0.101. The Morgan fingerprint density at radius 2 is 1.87 bits per heavy atom. The summed E-state index contributed by atoms with van der Waals surface area (Å²) in [5.41, 5.74) is 4.57. The van der Waals surface area contributed by atoms with E-state index in [1.807, 2.05) is 71.8 Å². The maximum Gasteiger partial charge on any atom is 0.253 e. The molecule has 0 amide bonds. The first kappa shape index (κ1) is 20.8. The second-order valence-corrected chi connectivity index (χ2v) is 7.80. The van der Waals surface area contributed by atoms with E-state index in [0.717, 1.165) is 28.6 Å². The van der Waals surface area contributed by atoms with E-state index in [-0.39, 0.29) is 5.56 Å². The number of aryl methyl sites for hydroxylation is 1. The summed E-state index contributed by atoms with van der Waals surface area (Å²) >= 11 is 5.72. The summed E-state index contributed by atoms with van der Waals surface area (Å²) in [4.78, 5) is 22.0. The fourth-order valence-corrected chi connectivity index (χ4v) is 3.73. The van der Waals surface area contributed by atoms with Crippen LogP contribution in [0.2, 0.25) is 0 Å². The Hall–Kier alpha value is -3.51. The molecule has 0 aliphatic carbocycles.